The third-order valence-corrected chi connectivity index (χ3v) is 3.46. The molecule has 3 atom stereocenters. The normalized spacial score (nSPS) is 25.8. The minimum absolute atomic E-state index is 0.315. The maximum absolute atomic E-state index is 5.56. The fourth-order valence-corrected chi connectivity index (χ4v) is 2.26. The molecule has 3 nitrogen and oxygen atoms in total. The fraction of sp³-hybridized carbons (Fsp3) is 0.571. The first-order valence-electron chi connectivity index (χ1n) is 6.22. The van der Waals surface area contributed by atoms with Gasteiger partial charge in [-0.25, -0.2) is 0 Å². The van der Waals surface area contributed by atoms with Crippen molar-refractivity contribution < 1.29 is 9.47 Å². The monoisotopic (exact) mass is 235 g/mol. The highest BCUT2D eigenvalue weighted by atomic mass is 16.5. The van der Waals surface area contributed by atoms with E-state index in [1.54, 1.807) is 7.11 Å². The lowest BCUT2D eigenvalue weighted by Gasteiger charge is -2.22. The van der Waals surface area contributed by atoms with Gasteiger partial charge >= 0.3 is 0 Å². The van der Waals surface area contributed by atoms with E-state index in [2.05, 4.69) is 31.3 Å². The standard InChI is InChI=1S/C14H21NO2/c1-10(15-14-8-9-17-11(14)2)12-4-6-13(16-3)7-5-12/h4-7,10-11,14-15H,8-9H2,1-3H3. The predicted octanol–water partition coefficient (Wildman–Crippen LogP) is 2.52. The number of ether oxygens (including phenoxy) is 2. The highest BCUT2D eigenvalue weighted by Crippen LogP contribution is 2.21. The summed E-state index contributed by atoms with van der Waals surface area (Å²) in [5.74, 6) is 0.901. The van der Waals surface area contributed by atoms with Crippen LogP contribution in [0.4, 0.5) is 0 Å². The van der Waals surface area contributed by atoms with E-state index in [1.165, 1.54) is 5.56 Å². The molecule has 1 aliphatic rings. The van der Waals surface area contributed by atoms with Gasteiger partial charge in [-0.1, -0.05) is 12.1 Å². The first-order chi connectivity index (χ1) is 8.20. The molecule has 3 heteroatoms. The molecule has 1 heterocycles. The molecule has 1 saturated heterocycles. The Morgan fingerprint density at radius 1 is 1.35 bits per heavy atom. The van der Waals surface area contributed by atoms with Gasteiger partial charge in [-0.15, -0.1) is 0 Å². The summed E-state index contributed by atoms with van der Waals surface area (Å²) in [6, 6.07) is 9.03. The van der Waals surface area contributed by atoms with E-state index in [1.807, 2.05) is 12.1 Å². The van der Waals surface area contributed by atoms with Crippen LogP contribution in [-0.2, 0) is 4.74 Å². The average Bonchev–Trinajstić information content (AvgIpc) is 2.75. The van der Waals surface area contributed by atoms with Crippen LogP contribution in [0.15, 0.2) is 24.3 Å². The number of nitrogens with one attached hydrogen (secondary N) is 1. The second-order valence-corrected chi connectivity index (χ2v) is 4.63. The molecule has 1 N–H and O–H groups in total. The Kier molecular flexibility index (Phi) is 4.02. The fourth-order valence-electron chi connectivity index (χ4n) is 2.26. The molecule has 0 spiro atoms. The van der Waals surface area contributed by atoms with Crippen LogP contribution < -0.4 is 10.1 Å². The van der Waals surface area contributed by atoms with Crippen molar-refractivity contribution in [1.82, 2.24) is 5.32 Å². The molecule has 0 aromatic heterocycles. The predicted molar refractivity (Wildman–Crippen MR) is 68.4 cm³/mol. The van der Waals surface area contributed by atoms with Gasteiger partial charge in [0.1, 0.15) is 5.75 Å². The van der Waals surface area contributed by atoms with Crippen molar-refractivity contribution in [2.24, 2.45) is 0 Å². The van der Waals surface area contributed by atoms with Crippen LogP contribution in [-0.4, -0.2) is 25.9 Å². The van der Waals surface area contributed by atoms with E-state index in [9.17, 15) is 0 Å². The number of rotatable bonds is 4. The van der Waals surface area contributed by atoms with E-state index < -0.39 is 0 Å². The van der Waals surface area contributed by atoms with Gasteiger partial charge in [0.05, 0.1) is 13.2 Å². The highest BCUT2D eigenvalue weighted by molar-refractivity contribution is 5.28. The maximum Gasteiger partial charge on any atom is 0.118 e. The van der Waals surface area contributed by atoms with Gasteiger partial charge in [0.15, 0.2) is 0 Å². The number of benzene rings is 1. The minimum atomic E-state index is 0.315. The Labute approximate surface area is 103 Å². The lowest BCUT2D eigenvalue weighted by Crippen LogP contribution is -2.36. The van der Waals surface area contributed by atoms with Crippen molar-refractivity contribution in [3.05, 3.63) is 29.8 Å². The van der Waals surface area contributed by atoms with Crippen molar-refractivity contribution in [2.45, 2.75) is 38.5 Å². The van der Waals surface area contributed by atoms with E-state index in [0.29, 0.717) is 18.2 Å². The molecular formula is C14H21NO2. The smallest absolute Gasteiger partial charge is 0.118 e. The van der Waals surface area contributed by atoms with Crippen LogP contribution in [0.25, 0.3) is 0 Å². The molecule has 3 unspecified atom stereocenters. The SMILES string of the molecule is COc1ccc(C(C)NC2CCOC2C)cc1. The third-order valence-electron chi connectivity index (χ3n) is 3.46. The summed E-state index contributed by atoms with van der Waals surface area (Å²) in [7, 11) is 1.69. The van der Waals surface area contributed by atoms with Gasteiger partial charge in [0.2, 0.25) is 0 Å². The van der Waals surface area contributed by atoms with Crippen LogP contribution in [0.1, 0.15) is 31.9 Å². The molecule has 1 aromatic carbocycles. The van der Waals surface area contributed by atoms with E-state index in [-0.39, 0.29) is 0 Å². The second kappa shape index (κ2) is 5.52. The quantitative estimate of drug-likeness (QED) is 0.870. The highest BCUT2D eigenvalue weighted by Gasteiger charge is 2.25. The molecule has 94 valence electrons. The molecule has 1 fully saturated rings. The van der Waals surface area contributed by atoms with Crippen LogP contribution >= 0.6 is 0 Å². The van der Waals surface area contributed by atoms with Gasteiger partial charge in [-0.05, 0) is 38.0 Å². The zero-order valence-corrected chi connectivity index (χ0v) is 10.8. The minimum Gasteiger partial charge on any atom is -0.497 e. The van der Waals surface area contributed by atoms with Crippen molar-refractivity contribution in [3.63, 3.8) is 0 Å². The molecule has 0 radical (unpaired) electrons. The lowest BCUT2D eigenvalue weighted by molar-refractivity contribution is 0.111. The summed E-state index contributed by atoms with van der Waals surface area (Å²) < 4.78 is 10.7. The van der Waals surface area contributed by atoms with E-state index in [4.69, 9.17) is 9.47 Å². The molecule has 0 bridgehead atoms. The van der Waals surface area contributed by atoms with Crippen LogP contribution in [0.5, 0.6) is 5.75 Å². The molecule has 0 amide bonds. The zero-order chi connectivity index (χ0) is 12.3. The lowest BCUT2D eigenvalue weighted by atomic mass is 10.1. The van der Waals surface area contributed by atoms with Gasteiger partial charge in [0, 0.05) is 18.7 Å². The maximum atomic E-state index is 5.56. The summed E-state index contributed by atoms with van der Waals surface area (Å²) in [5, 5.41) is 3.62. The summed E-state index contributed by atoms with van der Waals surface area (Å²) in [5.41, 5.74) is 1.28. The number of hydrogen-bond acceptors (Lipinski definition) is 3. The molecule has 1 aromatic rings. The summed E-state index contributed by atoms with van der Waals surface area (Å²) in [6.45, 7) is 5.19. The molecule has 2 rings (SSSR count). The summed E-state index contributed by atoms with van der Waals surface area (Å²) >= 11 is 0. The van der Waals surface area contributed by atoms with Gasteiger partial charge in [-0.2, -0.15) is 0 Å². The van der Waals surface area contributed by atoms with Crippen molar-refractivity contribution in [3.8, 4) is 5.75 Å². The largest absolute Gasteiger partial charge is 0.497 e. The Hall–Kier alpha value is -1.06. The molecule has 1 aliphatic heterocycles. The first-order valence-corrected chi connectivity index (χ1v) is 6.22. The van der Waals surface area contributed by atoms with Crippen LogP contribution in [0.2, 0.25) is 0 Å². The third kappa shape index (κ3) is 2.99. The molecule has 0 saturated carbocycles. The average molecular weight is 235 g/mol. The summed E-state index contributed by atoms with van der Waals surface area (Å²) in [4.78, 5) is 0. The second-order valence-electron chi connectivity index (χ2n) is 4.63. The molecular weight excluding hydrogens is 214 g/mol. The van der Waals surface area contributed by atoms with Crippen molar-refractivity contribution in [1.29, 1.82) is 0 Å². The Morgan fingerprint density at radius 3 is 2.59 bits per heavy atom. The van der Waals surface area contributed by atoms with E-state index >= 15 is 0 Å². The summed E-state index contributed by atoms with van der Waals surface area (Å²) in [6.07, 6.45) is 1.41. The Bertz CT molecular complexity index is 350. The van der Waals surface area contributed by atoms with Crippen molar-refractivity contribution >= 4 is 0 Å². The Balaban J connectivity index is 1.96. The van der Waals surface area contributed by atoms with Gasteiger partial charge < -0.3 is 14.8 Å². The number of hydrogen-bond donors (Lipinski definition) is 1. The van der Waals surface area contributed by atoms with Gasteiger partial charge in [0.25, 0.3) is 0 Å². The van der Waals surface area contributed by atoms with Crippen LogP contribution in [0.3, 0.4) is 0 Å². The Morgan fingerprint density at radius 2 is 2.06 bits per heavy atom. The van der Waals surface area contributed by atoms with Gasteiger partial charge in [-0.3, -0.25) is 0 Å². The van der Waals surface area contributed by atoms with E-state index in [0.717, 1.165) is 18.8 Å². The molecule has 0 aliphatic carbocycles. The van der Waals surface area contributed by atoms with Crippen LogP contribution in [0, 0.1) is 0 Å². The topological polar surface area (TPSA) is 30.5 Å². The first kappa shape index (κ1) is 12.4. The number of methoxy groups -OCH3 is 1. The van der Waals surface area contributed by atoms with Crippen molar-refractivity contribution in [2.75, 3.05) is 13.7 Å². The molecule has 17 heavy (non-hydrogen) atoms. The zero-order valence-electron chi connectivity index (χ0n) is 10.8.